The number of carboxylic acid groups (broad SMARTS) is 1. The van der Waals surface area contributed by atoms with Crippen LogP contribution in [-0.4, -0.2) is 23.0 Å². The maximum absolute atomic E-state index is 12.6. The highest BCUT2D eigenvalue weighted by atomic mass is 35.5. The largest absolute Gasteiger partial charge is 0.465 e. The van der Waals surface area contributed by atoms with Crippen LogP contribution < -0.4 is 5.32 Å². The first-order chi connectivity index (χ1) is 10.6. The van der Waals surface area contributed by atoms with Crippen molar-refractivity contribution in [3.8, 4) is 0 Å². The summed E-state index contributed by atoms with van der Waals surface area (Å²) in [5.41, 5.74) is -1.48. The average molecular weight is 360 g/mol. The second kappa shape index (κ2) is 6.10. The molecule has 23 heavy (non-hydrogen) atoms. The zero-order chi connectivity index (χ0) is 17.4. The van der Waals surface area contributed by atoms with Gasteiger partial charge in [0.1, 0.15) is 0 Å². The van der Waals surface area contributed by atoms with E-state index in [9.17, 15) is 14.4 Å². The maximum Gasteiger partial charge on any atom is 0.411 e. The van der Waals surface area contributed by atoms with E-state index in [1.807, 2.05) is 5.32 Å². The lowest BCUT2D eigenvalue weighted by atomic mass is 9.91. The molecule has 0 saturated carbocycles. The summed E-state index contributed by atoms with van der Waals surface area (Å²) in [5, 5.41) is 11.2. The van der Waals surface area contributed by atoms with Crippen LogP contribution in [-0.2, 0) is 24.7 Å². The van der Waals surface area contributed by atoms with Gasteiger partial charge in [0.25, 0.3) is 5.78 Å². The van der Waals surface area contributed by atoms with Crippen molar-refractivity contribution in [2.24, 2.45) is 0 Å². The van der Waals surface area contributed by atoms with E-state index in [0.29, 0.717) is 5.02 Å². The molecule has 122 valence electrons. The van der Waals surface area contributed by atoms with E-state index in [1.54, 1.807) is 0 Å². The van der Waals surface area contributed by atoms with Crippen LogP contribution >= 0.6 is 23.2 Å². The van der Waals surface area contributed by atoms with Crippen molar-refractivity contribution in [3.05, 3.63) is 45.5 Å². The van der Waals surface area contributed by atoms with Gasteiger partial charge in [0, 0.05) is 22.5 Å². The molecule has 1 aromatic carbocycles. The van der Waals surface area contributed by atoms with Crippen LogP contribution in [0.25, 0.3) is 0 Å². The lowest BCUT2D eigenvalue weighted by Crippen LogP contribution is -2.32. The van der Waals surface area contributed by atoms with E-state index in [-0.39, 0.29) is 10.6 Å². The van der Waals surface area contributed by atoms with Crippen LogP contribution in [0.3, 0.4) is 0 Å². The van der Waals surface area contributed by atoms with Gasteiger partial charge in [-0.25, -0.2) is 4.79 Å². The predicted molar refractivity (Wildman–Crippen MR) is 79.9 cm³/mol. The minimum atomic E-state index is -1.69. The van der Waals surface area contributed by atoms with Gasteiger partial charge in [-0.15, -0.1) is 0 Å². The number of rotatable bonds is 3. The zero-order valence-electron chi connectivity index (χ0n) is 12.0. The average Bonchev–Trinajstić information content (AvgIpc) is 2.66. The Kier molecular flexibility index (Phi) is 4.53. The minimum Gasteiger partial charge on any atom is -0.465 e. The molecule has 1 heterocycles. The highest BCUT2D eigenvalue weighted by Crippen LogP contribution is 2.42. The molecule has 0 radical (unpaired) electrons. The number of benzene rings is 1. The number of halogens is 2. The summed E-state index contributed by atoms with van der Waals surface area (Å²) in [6.45, 7) is 2.44. The van der Waals surface area contributed by atoms with E-state index in [4.69, 9.17) is 37.8 Å². The summed E-state index contributed by atoms with van der Waals surface area (Å²) in [7, 11) is 0. The minimum absolute atomic E-state index is 0.184. The number of Topliss-reactive ketones (excluding diaryl/α,β-unsaturated/α-hetero) is 1. The van der Waals surface area contributed by atoms with E-state index in [1.165, 1.54) is 25.1 Å². The fourth-order valence-electron chi connectivity index (χ4n) is 2.07. The summed E-state index contributed by atoms with van der Waals surface area (Å²) in [6.07, 6.45) is -1.49. The molecule has 1 aliphatic heterocycles. The molecule has 1 aromatic rings. The van der Waals surface area contributed by atoms with Crippen molar-refractivity contribution in [1.29, 1.82) is 0 Å². The smallest absolute Gasteiger partial charge is 0.411 e. The topological polar surface area (TPSA) is 102 Å². The SMILES string of the molecule is CC(=O)OC1=C(NC(=O)O)OC(C)(c2cc(Cl)ccc2Cl)C1=O. The summed E-state index contributed by atoms with van der Waals surface area (Å²) < 4.78 is 10.2. The number of amides is 1. The monoisotopic (exact) mass is 359 g/mol. The highest BCUT2D eigenvalue weighted by molar-refractivity contribution is 6.34. The van der Waals surface area contributed by atoms with Crippen molar-refractivity contribution in [2.45, 2.75) is 19.4 Å². The Morgan fingerprint density at radius 2 is 2.00 bits per heavy atom. The van der Waals surface area contributed by atoms with Crippen LogP contribution in [0.4, 0.5) is 4.79 Å². The first-order valence-electron chi connectivity index (χ1n) is 6.27. The van der Waals surface area contributed by atoms with Crippen LogP contribution in [0.15, 0.2) is 29.8 Å². The number of ether oxygens (including phenoxy) is 2. The molecule has 0 fully saturated rings. The Hall–Kier alpha value is -2.25. The first-order valence-corrected chi connectivity index (χ1v) is 7.02. The molecule has 9 heteroatoms. The summed E-state index contributed by atoms with van der Waals surface area (Å²) in [5.74, 6) is -2.60. The molecule has 0 aliphatic carbocycles. The van der Waals surface area contributed by atoms with Gasteiger partial charge in [0.15, 0.2) is 0 Å². The van der Waals surface area contributed by atoms with E-state index in [2.05, 4.69) is 0 Å². The van der Waals surface area contributed by atoms with E-state index in [0.717, 1.165) is 6.92 Å². The number of hydrogen-bond acceptors (Lipinski definition) is 5. The summed E-state index contributed by atoms with van der Waals surface area (Å²) in [4.78, 5) is 34.6. The van der Waals surface area contributed by atoms with Crippen molar-refractivity contribution >= 4 is 41.0 Å². The van der Waals surface area contributed by atoms with Gasteiger partial charge >= 0.3 is 12.1 Å². The molecule has 7 nitrogen and oxygen atoms in total. The second-order valence-electron chi connectivity index (χ2n) is 4.77. The summed E-state index contributed by atoms with van der Waals surface area (Å²) in [6, 6.07) is 4.40. The standard InChI is InChI=1S/C14H11Cl2NO6/c1-6(18)22-10-11(19)14(2,23-12(10)17-13(20)21)8-5-7(15)3-4-9(8)16/h3-5,17H,1-2H3,(H,20,21). The van der Waals surface area contributed by atoms with Gasteiger partial charge in [-0.1, -0.05) is 23.2 Å². The highest BCUT2D eigenvalue weighted by Gasteiger charge is 2.51. The number of esters is 1. The predicted octanol–water partition coefficient (Wildman–Crippen LogP) is 2.81. The van der Waals surface area contributed by atoms with Gasteiger partial charge in [-0.05, 0) is 25.1 Å². The number of ketones is 1. The molecule has 0 bridgehead atoms. The molecule has 1 amide bonds. The van der Waals surface area contributed by atoms with Gasteiger partial charge in [-0.3, -0.25) is 14.9 Å². The number of carbonyl (C=O) groups excluding carboxylic acids is 2. The molecular weight excluding hydrogens is 349 g/mol. The van der Waals surface area contributed by atoms with Crippen LogP contribution in [0.2, 0.25) is 10.0 Å². The normalized spacial score (nSPS) is 20.3. The quantitative estimate of drug-likeness (QED) is 0.804. The molecule has 2 N–H and O–H groups in total. The fourth-order valence-corrected chi connectivity index (χ4v) is 2.54. The molecule has 1 aliphatic rings. The number of nitrogens with one attached hydrogen (secondary N) is 1. The molecule has 1 atom stereocenters. The van der Waals surface area contributed by atoms with Gasteiger partial charge in [0.05, 0.1) is 0 Å². The third kappa shape index (κ3) is 3.25. The zero-order valence-corrected chi connectivity index (χ0v) is 13.5. The third-order valence-corrected chi connectivity index (χ3v) is 3.63. The summed E-state index contributed by atoms with van der Waals surface area (Å²) >= 11 is 12.0. The molecule has 0 saturated heterocycles. The van der Waals surface area contributed by atoms with Gasteiger partial charge in [-0.2, -0.15) is 0 Å². The Morgan fingerprint density at radius 1 is 1.35 bits per heavy atom. The lowest BCUT2D eigenvalue weighted by molar-refractivity contribution is -0.142. The maximum atomic E-state index is 12.6. The molecule has 1 unspecified atom stereocenters. The van der Waals surface area contributed by atoms with Crippen molar-refractivity contribution in [2.75, 3.05) is 0 Å². The molecule has 0 aromatic heterocycles. The van der Waals surface area contributed by atoms with E-state index < -0.39 is 35.1 Å². The number of carbonyl (C=O) groups is 3. The van der Waals surface area contributed by atoms with Gasteiger partial charge in [0.2, 0.25) is 17.2 Å². The second-order valence-corrected chi connectivity index (χ2v) is 5.61. The first kappa shape index (κ1) is 17.1. The Bertz CT molecular complexity index is 745. The number of hydrogen-bond donors (Lipinski definition) is 2. The third-order valence-electron chi connectivity index (χ3n) is 3.06. The van der Waals surface area contributed by atoms with Crippen molar-refractivity contribution in [3.63, 3.8) is 0 Å². The van der Waals surface area contributed by atoms with E-state index >= 15 is 0 Å². The molecule has 0 spiro atoms. The Labute approximate surface area is 140 Å². The Balaban J connectivity index is 2.51. The van der Waals surface area contributed by atoms with Crippen molar-refractivity contribution in [1.82, 2.24) is 5.32 Å². The Morgan fingerprint density at radius 3 is 2.57 bits per heavy atom. The van der Waals surface area contributed by atoms with Crippen LogP contribution in [0.1, 0.15) is 19.4 Å². The van der Waals surface area contributed by atoms with Crippen LogP contribution in [0.5, 0.6) is 0 Å². The van der Waals surface area contributed by atoms with Gasteiger partial charge < -0.3 is 14.6 Å². The molecule has 2 rings (SSSR count). The molecular formula is C14H11Cl2NO6. The lowest BCUT2D eigenvalue weighted by Gasteiger charge is -2.24. The van der Waals surface area contributed by atoms with Crippen LogP contribution in [0, 0.1) is 0 Å². The van der Waals surface area contributed by atoms with Crippen molar-refractivity contribution < 1.29 is 29.0 Å². The fraction of sp³-hybridized carbons (Fsp3) is 0.214.